The maximum Gasteiger partial charge on any atom is 0.0400 e. The van der Waals surface area contributed by atoms with Gasteiger partial charge in [0, 0.05) is 24.8 Å². The first-order valence-corrected chi connectivity index (χ1v) is 7.56. The van der Waals surface area contributed by atoms with Crippen molar-refractivity contribution < 1.29 is 0 Å². The van der Waals surface area contributed by atoms with Crippen LogP contribution in [-0.4, -0.2) is 49.1 Å². The third kappa shape index (κ3) is 3.48. The third-order valence-electron chi connectivity index (χ3n) is 4.29. The molecule has 0 saturated carbocycles. The second-order valence-electron chi connectivity index (χ2n) is 6.08. The molecule has 3 heteroatoms. The van der Waals surface area contributed by atoms with Gasteiger partial charge in [0.2, 0.25) is 0 Å². The molecular weight excluding hydrogens is 234 g/mol. The maximum atomic E-state index is 3.68. The Kier molecular flexibility index (Phi) is 4.04. The van der Waals surface area contributed by atoms with E-state index in [4.69, 9.17) is 0 Å². The van der Waals surface area contributed by atoms with Crippen molar-refractivity contribution in [3.8, 4) is 0 Å². The molecule has 1 N–H and O–H groups in total. The fourth-order valence-corrected chi connectivity index (χ4v) is 3.25. The number of likely N-dealkylation sites (N-methyl/N-ethyl adjacent to an activating group) is 1. The van der Waals surface area contributed by atoms with Gasteiger partial charge in [-0.1, -0.05) is 12.1 Å². The minimum atomic E-state index is 0.618. The normalized spacial score (nSPS) is 25.0. The number of nitrogens with one attached hydrogen (secondary N) is 1. The molecule has 1 aromatic rings. The van der Waals surface area contributed by atoms with Gasteiger partial charge in [0.1, 0.15) is 0 Å². The Balaban J connectivity index is 1.59. The van der Waals surface area contributed by atoms with E-state index >= 15 is 0 Å². The smallest absolute Gasteiger partial charge is 0.0400 e. The van der Waals surface area contributed by atoms with Gasteiger partial charge in [0.25, 0.3) is 0 Å². The highest BCUT2D eigenvalue weighted by Crippen LogP contribution is 2.18. The highest BCUT2D eigenvalue weighted by Gasteiger charge is 2.19. The summed E-state index contributed by atoms with van der Waals surface area (Å²) in [4.78, 5) is 4.95. The molecule has 3 nitrogen and oxygen atoms in total. The van der Waals surface area contributed by atoms with Crippen LogP contribution in [0.3, 0.4) is 0 Å². The van der Waals surface area contributed by atoms with Crippen molar-refractivity contribution in [2.24, 2.45) is 0 Å². The van der Waals surface area contributed by atoms with E-state index in [1.165, 1.54) is 50.1 Å². The zero-order chi connectivity index (χ0) is 13.1. The molecule has 3 rings (SSSR count). The Morgan fingerprint density at radius 2 is 2.05 bits per heavy atom. The zero-order valence-corrected chi connectivity index (χ0v) is 11.9. The van der Waals surface area contributed by atoms with Gasteiger partial charge in [0.15, 0.2) is 0 Å². The van der Waals surface area contributed by atoms with E-state index in [9.17, 15) is 0 Å². The highest BCUT2D eigenvalue weighted by atomic mass is 15.2. The fraction of sp³-hybridized carbons (Fsp3) is 0.625. The number of anilines is 1. The van der Waals surface area contributed by atoms with Gasteiger partial charge in [0.05, 0.1) is 0 Å². The molecule has 2 aliphatic rings. The summed E-state index contributed by atoms with van der Waals surface area (Å²) in [6.07, 6.45) is 3.99. The number of hydrogen-bond donors (Lipinski definition) is 1. The Hall–Kier alpha value is -1.06. The maximum absolute atomic E-state index is 3.68. The summed E-state index contributed by atoms with van der Waals surface area (Å²) in [5, 5.41) is 3.68. The molecule has 0 bridgehead atoms. The van der Waals surface area contributed by atoms with E-state index in [1.54, 1.807) is 0 Å². The van der Waals surface area contributed by atoms with Crippen LogP contribution in [-0.2, 0) is 6.54 Å². The van der Waals surface area contributed by atoms with Crippen LogP contribution in [0.2, 0.25) is 0 Å². The molecule has 1 aromatic carbocycles. The van der Waals surface area contributed by atoms with Crippen LogP contribution in [0.5, 0.6) is 0 Å². The topological polar surface area (TPSA) is 18.5 Å². The molecule has 1 unspecified atom stereocenters. The quantitative estimate of drug-likeness (QED) is 0.896. The van der Waals surface area contributed by atoms with Crippen LogP contribution in [0.1, 0.15) is 24.8 Å². The van der Waals surface area contributed by atoms with Crippen LogP contribution in [0.15, 0.2) is 24.3 Å². The predicted molar refractivity (Wildman–Crippen MR) is 80.5 cm³/mol. The Morgan fingerprint density at radius 1 is 1.21 bits per heavy atom. The first kappa shape index (κ1) is 12.9. The largest absolute Gasteiger partial charge is 0.381 e. The Labute approximate surface area is 116 Å². The van der Waals surface area contributed by atoms with Crippen molar-refractivity contribution in [2.45, 2.75) is 31.8 Å². The van der Waals surface area contributed by atoms with Crippen LogP contribution < -0.4 is 5.32 Å². The summed E-state index contributed by atoms with van der Waals surface area (Å²) in [6.45, 7) is 6.03. The first-order chi connectivity index (χ1) is 9.29. The van der Waals surface area contributed by atoms with Gasteiger partial charge >= 0.3 is 0 Å². The summed E-state index contributed by atoms with van der Waals surface area (Å²) in [5.74, 6) is 0. The van der Waals surface area contributed by atoms with Gasteiger partial charge in [-0.15, -0.1) is 0 Å². The van der Waals surface area contributed by atoms with E-state index in [0.717, 1.165) is 13.1 Å². The van der Waals surface area contributed by atoms with E-state index in [-0.39, 0.29) is 0 Å². The van der Waals surface area contributed by atoms with Crippen molar-refractivity contribution in [3.63, 3.8) is 0 Å². The molecule has 1 atom stereocenters. The second kappa shape index (κ2) is 5.93. The molecule has 2 saturated heterocycles. The lowest BCUT2D eigenvalue weighted by Crippen LogP contribution is -2.23. The van der Waals surface area contributed by atoms with Gasteiger partial charge in [-0.05, 0) is 63.6 Å². The average Bonchev–Trinajstić information content (AvgIpc) is 3.02. The first-order valence-electron chi connectivity index (χ1n) is 7.56. The molecule has 0 spiro atoms. The molecule has 0 aliphatic carbocycles. The number of hydrogen-bond acceptors (Lipinski definition) is 3. The molecule has 0 radical (unpaired) electrons. The summed E-state index contributed by atoms with van der Waals surface area (Å²) in [6, 6.07) is 9.59. The molecule has 0 aromatic heterocycles. The molecule has 2 heterocycles. The SMILES string of the molecule is CN1CCC(Nc2cccc(CN3CCCC3)c2)C1. The molecule has 2 fully saturated rings. The van der Waals surface area contributed by atoms with Gasteiger partial charge < -0.3 is 10.2 Å². The molecule has 104 valence electrons. The van der Waals surface area contributed by atoms with E-state index in [2.05, 4.69) is 46.4 Å². The van der Waals surface area contributed by atoms with Crippen LogP contribution in [0, 0.1) is 0 Å². The second-order valence-corrected chi connectivity index (χ2v) is 6.08. The monoisotopic (exact) mass is 259 g/mol. The lowest BCUT2D eigenvalue weighted by molar-refractivity contribution is 0.331. The summed E-state index contributed by atoms with van der Waals surface area (Å²) in [7, 11) is 2.20. The lowest BCUT2D eigenvalue weighted by Gasteiger charge is -2.17. The summed E-state index contributed by atoms with van der Waals surface area (Å²) in [5.41, 5.74) is 2.73. The Morgan fingerprint density at radius 3 is 2.79 bits per heavy atom. The number of benzene rings is 1. The highest BCUT2D eigenvalue weighted by molar-refractivity contribution is 5.46. The van der Waals surface area contributed by atoms with Crippen LogP contribution in [0.4, 0.5) is 5.69 Å². The van der Waals surface area contributed by atoms with Crippen LogP contribution >= 0.6 is 0 Å². The van der Waals surface area contributed by atoms with Crippen molar-refractivity contribution in [2.75, 3.05) is 38.5 Å². The van der Waals surface area contributed by atoms with Crippen molar-refractivity contribution in [3.05, 3.63) is 29.8 Å². The van der Waals surface area contributed by atoms with Crippen molar-refractivity contribution in [1.29, 1.82) is 0 Å². The van der Waals surface area contributed by atoms with E-state index in [1.807, 2.05) is 0 Å². The minimum Gasteiger partial charge on any atom is -0.381 e. The van der Waals surface area contributed by atoms with Gasteiger partial charge in [-0.3, -0.25) is 4.90 Å². The van der Waals surface area contributed by atoms with Gasteiger partial charge in [-0.25, -0.2) is 0 Å². The molecule has 2 aliphatic heterocycles. The van der Waals surface area contributed by atoms with Crippen molar-refractivity contribution in [1.82, 2.24) is 9.80 Å². The standard InChI is InChI=1S/C16H25N3/c1-18-10-7-16(13-18)17-15-6-4-5-14(11-15)12-19-8-2-3-9-19/h4-6,11,16-17H,2-3,7-10,12-13H2,1H3. The van der Waals surface area contributed by atoms with E-state index in [0.29, 0.717) is 6.04 Å². The fourth-order valence-electron chi connectivity index (χ4n) is 3.25. The number of rotatable bonds is 4. The molecular formula is C16H25N3. The number of likely N-dealkylation sites (tertiary alicyclic amines) is 2. The lowest BCUT2D eigenvalue weighted by atomic mass is 10.1. The average molecular weight is 259 g/mol. The van der Waals surface area contributed by atoms with E-state index < -0.39 is 0 Å². The molecule has 19 heavy (non-hydrogen) atoms. The summed E-state index contributed by atoms with van der Waals surface area (Å²) >= 11 is 0. The van der Waals surface area contributed by atoms with Gasteiger partial charge in [-0.2, -0.15) is 0 Å². The predicted octanol–water partition coefficient (Wildman–Crippen LogP) is 2.40. The third-order valence-corrected chi connectivity index (χ3v) is 4.29. The van der Waals surface area contributed by atoms with Crippen molar-refractivity contribution >= 4 is 5.69 Å². The zero-order valence-electron chi connectivity index (χ0n) is 11.9. The minimum absolute atomic E-state index is 0.618. The Bertz CT molecular complexity index is 412. The summed E-state index contributed by atoms with van der Waals surface area (Å²) < 4.78 is 0. The van der Waals surface area contributed by atoms with Crippen LogP contribution in [0.25, 0.3) is 0 Å². The molecule has 0 amide bonds. The number of nitrogens with zero attached hydrogens (tertiary/aromatic N) is 2.